The van der Waals surface area contributed by atoms with Gasteiger partial charge in [-0.25, -0.2) is 9.59 Å². The van der Waals surface area contributed by atoms with Crippen molar-refractivity contribution in [1.82, 2.24) is 9.80 Å². The van der Waals surface area contributed by atoms with Crippen LogP contribution in [-0.4, -0.2) is 75.2 Å². The third kappa shape index (κ3) is 11.9. The van der Waals surface area contributed by atoms with Crippen LogP contribution < -0.4 is 20.4 Å². The van der Waals surface area contributed by atoms with Gasteiger partial charge in [0.1, 0.15) is 0 Å². The van der Waals surface area contributed by atoms with E-state index >= 15 is 0 Å². The summed E-state index contributed by atoms with van der Waals surface area (Å²) in [6, 6.07) is 16.6. The van der Waals surface area contributed by atoms with Crippen LogP contribution in [0.5, 0.6) is 0 Å². The molecule has 2 N–H and O–H groups in total. The molecule has 1 fully saturated rings. The molecule has 48 heavy (non-hydrogen) atoms. The molecule has 2 aromatic carbocycles. The Morgan fingerprint density at radius 3 is 1.23 bits per heavy atom. The Kier molecular flexibility index (Phi) is 16.4. The predicted molar refractivity (Wildman–Crippen MR) is 206 cm³/mol. The van der Waals surface area contributed by atoms with Crippen LogP contribution in [-0.2, 0) is 0 Å². The summed E-state index contributed by atoms with van der Waals surface area (Å²) >= 11 is 0. The molecule has 0 aromatic heterocycles. The maximum atomic E-state index is 14.0. The smallest absolute Gasteiger partial charge is 0.322 e. The maximum Gasteiger partial charge on any atom is 0.322 e. The largest absolute Gasteiger partial charge is 0.378 e. The van der Waals surface area contributed by atoms with Crippen molar-refractivity contribution in [3.05, 3.63) is 48.5 Å². The Labute approximate surface area is 292 Å². The molecule has 3 rings (SSSR count). The average molecular weight is 663 g/mol. The van der Waals surface area contributed by atoms with Gasteiger partial charge in [0.2, 0.25) is 0 Å². The number of amides is 4. The lowest BCUT2D eigenvalue weighted by Gasteiger charge is -2.40. The molecule has 4 amide bonds. The number of hydrogen-bond acceptors (Lipinski definition) is 4. The summed E-state index contributed by atoms with van der Waals surface area (Å²) in [7, 11) is 8.10. The van der Waals surface area contributed by atoms with Crippen LogP contribution in [0.15, 0.2) is 48.5 Å². The molecule has 0 bridgehead atoms. The highest BCUT2D eigenvalue weighted by Gasteiger charge is 2.32. The molecular formula is C40H66N6O2. The predicted octanol–water partition coefficient (Wildman–Crippen LogP) is 9.93. The van der Waals surface area contributed by atoms with Crippen LogP contribution in [0.3, 0.4) is 0 Å². The van der Waals surface area contributed by atoms with Gasteiger partial charge < -0.3 is 30.2 Å². The minimum Gasteiger partial charge on any atom is -0.378 e. The lowest BCUT2D eigenvalue weighted by molar-refractivity contribution is 0.119. The summed E-state index contributed by atoms with van der Waals surface area (Å²) in [5.74, 6) is 0.835. The fourth-order valence-electron chi connectivity index (χ4n) is 7.41. The summed E-state index contributed by atoms with van der Waals surface area (Å²) < 4.78 is 0. The quantitative estimate of drug-likeness (QED) is 0.167. The van der Waals surface area contributed by atoms with E-state index in [0.717, 1.165) is 113 Å². The van der Waals surface area contributed by atoms with Crippen LogP contribution in [0.25, 0.3) is 0 Å². The molecule has 8 heteroatoms. The van der Waals surface area contributed by atoms with Crippen LogP contribution in [0.1, 0.15) is 105 Å². The number of hydrogen-bond donors (Lipinski definition) is 2. The average Bonchev–Trinajstić information content (AvgIpc) is 3.06. The summed E-state index contributed by atoms with van der Waals surface area (Å²) in [5, 5.41) is 6.47. The highest BCUT2D eigenvalue weighted by molar-refractivity contribution is 5.90. The number of nitrogens with one attached hydrogen (secondary N) is 2. The molecule has 268 valence electrons. The van der Waals surface area contributed by atoms with Crippen LogP contribution in [0.4, 0.5) is 32.3 Å². The highest BCUT2D eigenvalue weighted by atomic mass is 16.2. The summed E-state index contributed by atoms with van der Waals surface area (Å²) in [4.78, 5) is 36.3. The molecular weight excluding hydrogens is 596 g/mol. The van der Waals surface area contributed by atoms with Crippen LogP contribution >= 0.6 is 0 Å². The molecule has 1 aliphatic rings. The molecule has 1 aliphatic carbocycles. The van der Waals surface area contributed by atoms with Crippen molar-refractivity contribution in [2.45, 2.75) is 117 Å². The topological polar surface area (TPSA) is 71.2 Å². The Morgan fingerprint density at radius 1 is 0.604 bits per heavy atom. The van der Waals surface area contributed by atoms with Crippen molar-refractivity contribution in [3.8, 4) is 0 Å². The van der Waals surface area contributed by atoms with Crippen molar-refractivity contribution in [2.24, 2.45) is 11.8 Å². The van der Waals surface area contributed by atoms with E-state index in [9.17, 15) is 9.59 Å². The first-order valence-corrected chi connectivity index (χ1v) is 18.8. The number of nitrogens with zero attached hydrogens (tertiary/aromatic N) is 4. The Balaban J connectivity index is 1.77. The van der Waals surface area contributed by atoms with E-state index in [0.29, 0.717) is 11.8 Å². The van der Waals surface area contributed by atoms with Gasteiger partial charge in [-0.15, -0.1) is 0 Å². The standard InChI is InChI=1S/C40H66N6O2/c1-9-14-37(15-10-2)45(39(47)41-33-20-24-35(25-21-33)43(5)6)29-31-18-13-19-32(28-31)30-46(38(16-11-3)17-12-4)40(48)42-34-22-26-36(27-23-34)44(7)8/h20-27,31-32,37-38H,9-19,28-30H2,1-8H3,(H,41,47)(H,42,48)/t31-,32-/m0/s1. The zero-order valence-corrected chi connectivity index (χ0v) is 31.4. The fraction of sp³-hybridized carbons (Fsp3) is 0.650. The Hall–Kier alpha value is -3.42. The van der Waals surface area contributed by atoms with Gasteiger partial charge in [-0.2, -0.15) is 0 Å². The van der Waals surface area contributed by atoms with Crippen molar-refractivity contribution in [3.63, 3.8) is 0 Å². The minimum atomic E-state index is 0.00821. The van der Waals surface area contributed by atoms with E-state index in [1.54, 1.807) is 0 Å². The molecule has 1 saturated carbocycles. The summed E-state index contributed by atoms with van der Waals surface area (Å²) in [5.41, 5.74) is 3.88. The maximum absolute atomic E-state index is 14.0. The zero-order chi connectivity index (χ0) is 35.1. The monoisotopic (exact) mass is 663 g/mol. The van der Waals surface area contributed by atoms with Gasteiger partial charge in [0.15, 0.2) is 0 Å². The third-order valence-corrected chi connectivity index (χ3v) is 9.96. The number of benzene rings is 2. The Morgan fingerprint density at radius 2 is 0.938 bits per heavy atom. The normalized spacial score (nSPS) is 16.1. The van der Waals surface area contributed by atoms with Crippen molar-refractivity contribution in [2.75, 3.05) is 61.7 Å². The number of anilines is 4. The fourth-order valence-corrected chi connectivity index (χ4v) is 7.41. The molecule has 0 heterocycles. The van der Waals surface area contributed by atoms with Gasteiger partial charge in [-0.3, -0.25) is 0 Å². The first-order valence-electron chi connectivity index (χ1n) is 18.8. The summed E-state index contributed by atoms with van der Waals surface area (Å²) in [6.45, 7) is 10.4. The van der Waals surface area contributed by atoms with Gasteiger partial charge in [-0.05, 0) is 105 Å². The molecule has 0 spiro atoms. The van der Waals surface area contributed by atoms with Crippen molar-refractivity contribution < 1.29 is 9.59 Å². The van der Waals surface area contributed by atoms with Gasteiger partial charge >= 0.3 is 12.1 Å². The van der Waals surface area contributed by atoms with E-state index in [1.165, 1.54) is 0 Å². The van der Waals surface area contributed by atoms with Gasteiger partial charge in [0.05, 0.1) is 0 Å². The summed E-state index contributed by atoms with van der Waals surface area (Å²) in [6.07, 6.45) is 12.7. The van der Waals surface area contributed by atoms with Crippen molar-refractivity contribution in [1.29, 1.82) is 0 Å². The van der Waals surface area contributed by atoms with Crippen LogP contribution in [0.2, 0.25) is 0 Å². The Bertz CT molecular complexity index is 1110. The minimum absolute atomic E-state index is 0.00821. The molecule has 0 aliphatic heterocycles. The highest BCUT2D eigenvalue weighted by Crippen LogP contribution is 2.33. The second-order valence-corrected chi connectivity index (χ2v) is 14.4. The second kappa shape index (κ2) is 20.2. The van der Waals surface area contributed by atoms with Crippen molar-refractivity contribution >= 4 is 34.8 Å². The SMILES string of the molecule is CCCC(CCC)N(C[C@H]1CCC[C@H](CN(C(=O)Nc2ccc(N(C)C)cc2)C(CCC)CCC)C1)C(=O)Nc1ccc(N(C)C)cc1. The number of carbonyl (C=O) groups excluding carboxylic acids is 2. The van der Waals surface area contributed by atoms with E-state index in [2.05, 4.69) is 57.9 Å². The molecule has 0 unspecified atom stereocenters. The lowest BCUT2D eigenvalue weighted by atomic mass is 9.80. The molecule has 2 aromatic rings. The molecule has 0 radical (unpaired) electrons. The zero-order valence-electron chi connectivity index (χ0n) is 31.4. The third-order valence-electron chi connectivity index (χ3n) is 9.96. The van der Waals surface area contributed by atoms with E-state index in [4.69, 9.17) is 0 Å². The number of carbonyl (C=O) groups is 2. The first kappa shape index (κ1) is 39.0. The van der Waals surface area contributed by atoms with Gasteiger partial charge in [0.25, 0.3) is 0 Å². The number of rotatable bonds is 18. The molecule has 2 atom stereocenters. The van der Waals surface area contributed by atoms with Crippen LogP contribution in [0, 0.1) is 11.8 Å². The first-order chi connectivity index (χ1) is 23.1. The van der Waals surface area contributed by atoms with E-state index in [1.807, 2.05) is 76.7 Å². The van der Waals surface area contributed by atoms with E-state index in [-0.39, 0.29) is 24.1 Å². The lowest BCUT2D eigenvalue weighted by Crippen LogP contribution is -2.48. The second-order valence-electron chi connectivity index (χ2n) is 14.4. The molecule has 0 saturated heterocycles. The number of urea groups is 2. The van der Waals surface area contributed by atoms with Gasteiger partial charge in [0, 0.05) is 76.1 Å². The van der Waals surface area contributed by atoms with Gasteiger partial charge in [-0.1, -0.05) is 59.8 Å². The molecule has 8 nitrogen and oxygen atoms in total. The van der Waals surface area contributed by atoms with E-state index < -0.39 is 0 Å².